The fourth-order valence-electron chi connectivity index (χ4n) is 5.03. The highest BCUT2D eigenvalue weighted by Gasteiger charge is 2.26. The number of piperidine rings is 1. The Hall–Kier alpha value is -4.67. The van der Waals surface area contributed by atoms with E-state index in [2.05, 4.69) is 19.9 Å². The second-order valence-corrected chi connectivity index (χ2v) is 10.2. The third-order valence-corrected chi connectivity index (χ3v) is 7.40. The van der Waals surface area contributed by atoms with E-state index in [-0.39, 0.29) is 35.7 Å². The molecule has 13 heteroatoms. The minimum atomic E-state index is -1.02. The minimum absolute atomic E-state index is 0.0168. The van der Waals surface area contributed by atoms with Gasteiger partial charge in [0.2, 0.25) is 5.88 Å². The van der Waals surface area contributed by atoms with Crippen molar-refractivity contribution in [1.82, 2.24) is 29.4 Å². The SMILES string of the molecule is N#Cc1ccc(OCc2nccc(OC3CCN(Cc4nc5ncc(C(=O)O)cc5n4C[C@@H]4CCO4)CC3)n2)c(F)c1. The molecule has 0 bridgehead atoms. The number of likely N-dealkylation sites (tertiary alicyclic amines) is 1. The Morgan fingerprint density at radius 3 is 2.71 bits per heavy atom. The van der Waals surface area contributed by atoms with Gasteiger partial charge in [-0.05, 0) is 43.5 Å². The number of fused-ring (bicyclic) bond motifs is 1. The number of aromatic carboxylic acids is 1. The van der Waals surface area contributed by atoms with Crippen LogP contribution >= 0.6 is 0 Å². The molecule has 6 rings (SSSR count). The lowest BCUT2D eigenvalue weighted by Crippen LogP contribution is -2.39. The van der Waals surface area contributed by atoms with Gasteiger partial charge in [0.15, 0.2) is 23.0 Å². The summed E-state index contributed by atoms with van der Waals surface area (Å²) in [4.78, 5) is 31.4. The topological polar surface area (TPSA) is 149 Å². The summed E-state index contributed by atoms with van der Waals surface area (Å²) in [5, 5.41) is 18.3. The third-order valence-electron chi connectivity index (χ3n) is 7.40. The van der Waals surface area contributed by atoms with Crippen molar-refractivity contribution >= 4 is 17.1 Å². The normalized spacial score (nSPS) is 17.5. The zero-order valence-corrected chi connectivity index (χ0v) is 22.6. The van der Waals surface area contributed by atoms with E-state index >= 15 is 0 Å². The van der Waals surface area contributed by atoms with Crippen molar-refractivity contribution in [3.63, 3.8) is 0 Å². The second kappa shape index (κ2) is 12.1. The van der Waals surface area contributed by atoms with Gasteiger partial charge in [0.1, 0.15) is 18.5 Å². The summed E-state index contributed by atoms with van der Waals surface area (Å²) >= 11 is 0. The summed E-state index contributed by atoms with van der Waals surface area (Å²) in [6.45, 7) is 3.44. The molecule has 3 aromatic heterocycles. The number of pyridine rings is 1. The van der Waals surface area contributed by atoms with E-state index in [0.29, 0.717) is 36.0 Å². The van der Waals surface area contributed by atoms with Gasteiger partial charge in [-0.25, -0.2) is 24.1 Å². The molecule has 42 heavy (non-hydrogen) atoms. The number of benzene rings is 1. The summed E-state index contributed by atoms with van der Waals surface area (Å²) in [6.07, 6.45) is 5.47. The summed E-state index contributed by atoms with van der Waals surface area (Å²) in [7, 11) is 0. The Balaban J connectivity index is 1.06. The maximum absolute atomic E-state index is 14.1. The second-order valence-electron chi connectivity index (χ2n) is 10.2. The standard InChI is InChI=1S/C29H28FN7O5/c30-22-11-18(13-31)1-2-24(22)41-17-25-32-7-3-27(34-25)42-20-4-8-36(9-5-20)16-26-35-28-23(12-19(14-33-28)29(38)39)37(26)15-21-6-10-40-21/h1-3,7,11-12,14,20-21H,4-6,8-10,15-17H2,(H,38,39)/t21-/m0/s1. The molecule has 0 spiro atoms. The number of imidazole rings is 1. The molecule has 0 unspecified atom stereocenters. The average molecular weight is 574 g/mol. The summed E-state index contributed by atoms with van der Waals surface area (Å²) in [6, 6.07) is 9.20. The predicted molar refractivity (Wildman–Crippen MR) is 145 cm³/mol. The van der Waals surface area contributed by atoms with Crippen LogP contribution in [0.4, 0.5) is 4.39 Å². The number of ether oxygens (including phenoxy) is 3. The number of aromatic nitrogens is 5. The molecule has 12 nitrogen and oxygen atoms in total. The van der Waals surface area contributed by atoms with Crippen LogP contribution in [0.3, 0.4) is 0 Å². The van der Waals surface area contributed by atoms with Gasteiger partial charge in [0.05, 0.1) is 41.9 Å². The zero-order chi connectivity index (χ0) is 29.1. The van der Waals surface area contributed by atoms with Gasteiger partial charge in [-0.2, -0.15) is 10.2 Å². The fourth-order valence-corrected chi connectivity index (χ4v) is 5.03. The van der Waals surface area contributed by atoms with Crippen molar-refractivity contribution in [3.05, 3.63) is 71.3 Å². The molecular formula is C29H28FN7O5. The van der Waals surface area contributed by atoms with Crippen LogP contribution in [0.15, 0.2) is 42.7 Å². The monoisotopic (exact) mass is 573 g/mol. The van der Waals surface area contributed by atoms with E-state index in [1.165, 1.54) is 18.3 Å². The van der Waals surface area contributed by atoms with Crippen LogP contribution in [0, 0.1) is 17.1 Å². The highest BCUT2D eigenvalue weighted by molar-refractivity contribution is 5.91. The molecule has 0 radical (unpaired) electrons. The van der Waals surface area contributed by atoms with Crippen molar-refractivity contribution in [2.24, 2.45) is 0 Å². The molecule has 1 aromatic carbocycles. The van der Waals surface area contributed by atoms with E-state index in [0.717, 1.165) is 50.8 Å². The van der Waals surface area contributed by atoms with Gasteiger partial charge in [-0.1, -0.05) is 0 Å². The summed E-state index contributed by atoms with van der Waals surface area (Å²) in [5.74, 6) is -0.0320. The largest absolute Gasteiger partial charge is 0.483 e. The number of rotatable bonds is 10. The Kier molecular flexibility index (Phi) is 7.89. The lowest BCUT2D eigenvalue weighted by molar-refractivity contribution is -0.0592. The van der Waals surface area contributed by atoms with Gasteiger partial charge in [-0.15, -0.1) is 0 Å². The molecule has 0 amide bonds. The van der Waals surface area contributed by atoms with Crippen molar-refractivity contribution < 1.29 is 28.5 Å². The van der Waals surface area contributed by atoms with Crippen LogP contribution in [-0.2, 0) is 24.4 Å². The highest BCUT2D eigenvalue weighted by atomic mass is 19.1. The molecule has 216 valence electrons. The number of carbonyl (C=O) groups is 1. The van der Waals surface area contributed by atoms with E-state index in [1.807, 2.05) is 10.6 Å². The van der Waals surface area contributed by atoms with Crippen LogP contribution in [0.5, 0.6) is 11.6 Å². The molecule has 5 heterocycles. The van der Waals surface area contributed by atoms with Gasteiger partial charge in [0, 0.05) is 38.2 Å². The molecule has 0 aliphatic carbocycles. The van der Waals surface area contributed by atoms with Gasteiger partial charge < -0.3 is 23.9 Å². The molecular weight excluding hydrogens is 545 g/mol. The summed E-state index contributed by atoms with van der Waals surface area (Å²) < 4.78 is 33.4. The molecule has 2 aliphatic heterocycles. The Bertz CT molecular complexity index is 1640. The van der Waals surface area contributed by atoms with Crippen LogP contribution in [-0.4, -0.2) is 72.4 Å². The number of carboxylic acids is 1. The zero-order valence-electron chi connectivity index (χ0n) is 22.6. The number of halogens is 1. The molecule has 2 aliphatic rings. The van der Waals surface area contributed by atoms with Crippen molar-refractivity contribution in [3.8, 4) is 17.7 Å². The number of hydrogen-bond donors (Lipinski definition) is 1. The van der Waals surface area contributed by atoms with Crippen LogP contribution < -0.4 is 9.47 Å². The van der Waals surface area contributed by atoms with Crippen molar-refractivity contribution in [1.29, 1.82) is 5.26 Å². The molecule has 1 atom stereocenters. The number of nitriles is 1. The fraction of sp³-hybridized carbons (Fsp3) is 0.379. The first kappa shape index (κ1) is 27.5. The molecule has 2 fully saturated rings. The smallest absolute Gasteiger partial charge is 0.337 e. The van der Waals surface area contributed by atoms with E-state index in [9.17, 15) is 14.3 Å². The number of carboxylic acid groups (broad SMARTS) is 1. The molecule has 2 saturated heterocycles. The van der Waals surface area contributed by atoms with E-state index in [4.69, 9.17) is 24.5 Å². The van der Waals surface area contributed by atoms with Gasteiger partial charge in [0.25, 0.3) is 0 Å². The Morgan fingerprint density at radius 2 is 2.00 bits per heavy atom. The summed E-state index contributed by atoms with van der Waals surface area (Å²) in [5.41, 5.74) is 1.57. The molecule has 1 N–H and O–H groups in total. The van der Waals surface area contributed by atoms with Crippen molar-refractivity contribution in [2.75, 3.05) is 19.7 Å². The predicted octanol–water partition coefficient (Wildman–Crippen LogP) is 3.34. The maximum atomic E-state index is 14.1. The van der Waals surface area contributed by atoms with Gasteiger partial charge >= 0.3 is 5.97 Å². The number of nitrogens with zero attached hydrogens (tertiary/aromatic N) is 7. The molecule has 0 saturated carbocycles. The van der Waals surface area contributed by atoms with Gasteiger partial charge in [-0.3, -0.25) is 4.90 Å². The van der Waals surface area contributed by atoms with Crippen LogP contribution in [0.1, 0.15) is 46.8 Å². The first-order chi connectivity index (χ1) is 20.4. The van der Waals surface area contributed by atoms with E-state index < -0.39 is 11.8 Å². The quantitative estimate of drug-likeness (QED) is 0.298. The highest BCUT2D eigenvalue weighted by Crippen LogP contribution is 2.24. The lowest BCUT2D eigenvalue weighted by Gasteiger charge is -2.32. The number of hydrogen-bond acceptors (Lipinski definition) is 10. The molecule has 4 aromatic rings. The van der Waals surface area contributed by atoms with E-state index in [1.54, 1.807) is 18.3 Å². The average Bonchev–Trinajstić information content (AvgIpc) is 3.31. The Labute approximate surface area is 240 Å². The minimum Gasteiger partial charge on any atom is -0.483 e. The van der Waals surface area contributed by atoms with Crippen molar-refractivity contribution in [2.45, 2.75) is 51.2 Å². The van der Waals surface area contributed by atoms with Crippen LogP contribution in [0.25, 0.3) is 11.2 Å². The lowest BCUT2D eigenvalue weighted by atomic mass is 10.1. The first-order valence-corrected chi connectivity index (χ1v) is 13.7. The maximum Gasteiger partial charge on any atom is 0.337 e. The third kappa shape index (κ3) is 6.14. The first-order valence-electron chi connectivity index (χ1n) is 13.7. The Morgan fingerprint density at radius 1 is 1.17 bits per heavy atom. The van der Waals surface area contributed by atoms with Crippen LogP contribution in [0.2, 0.25) is 0 Å².